The maximum absolute atomic E-state index is 13.2. The van der Waals surface area contributed by atoms with Crippen LogP contribution in [0.1, 0.15) is 21.5 Å². The van der Waals surface area contributed by atoms with Crippen LogP contribution in [-0.4, -0.2) is 27.8 Å². The molecule has 2 amide bonds. The van der Waals surface area contributed by atoms with E-state index in [4.69, 9.17) is 0 Å². The fourth-order valence-corrected chi connectivity index (χ4v) is 3.28. The number of halogens is 1. The number of carbonyl (C=O) groups excluding carboxylic acids is 2. The molecule has 3 aromatic rings. The van der Waals surface area contributed by atoms with Crippen LogP contribution in [0, 0.1) is 19.7 Å². The standard InChI is InChI=1S/C21H19FN4O2S/c1-13-8-14(2)10-17(9-13)23-19(27)12-29-20-7-6-18(25-26-20)24-21(28)15-4-3-5-16(22)11-15/h3-11H,12H2,1-2H3,(H,23,27)(H,24,25,28). The fraction of sp³-hybridized carbons (Fsp3) is 0.143. The van der Waals surface area contributed by atoms with Gasteiger partial charge in [0.15, 0.2) is 5.82 Å². The third-order valence-electron chi connectivity index (χ3n) is 3.83. The first-order valence-electron chi connectivity index (χ1n) is 8.80. The first-order valence-corrected chi connectivity index (χ1v) is 9.79. The Morgan fingerprint density at radius 2 is 1.72 bits per heavy atom. The molecule has 1 heterocycles. The SMILES string of the molecule is Cc1cc(C)cc(NC(=O)CSc2ccc(NC(=O)c3cccc(F)c3)nn2)c1. The zero-order chi connectivity index (χ0) is 20.8. The molecule has 2 N–H and O–H groups in total. The highest BCUT2D eigenvalue weighted by Crippen LogP contribution is 2.18. The maximum Gasteiger partial charge on any atom is 0.256 e. The number of aromatic nitrogens is 2. The number of nitrogens with one attached hydrogen (secondary N) is 2. The third-order valence-corrected chi connectivity index (χ3v) is 4.75. The van der Waals surface area contributed by atoms with Gasteiger partial charge in [0.25, 0.3) is 5.91 Å². The fourth-order valence-electron chi connectivity index (χ4n) is 2.67. The summed E-state index contributed by atoms with van der Waals surface area (Å²) >= 11 is 1.23. The van der Waals surface area contributed by atoms with E-state index in [-0.39, 0.29) is 23.0 Å². The summed E-state index contributed by atoms with van der Waals surface area (Å²) in [5.74, 6) is -0.702. The van der Waals surface area contributed by atoms with E-state index < -0.39 is 11.7 Å². The number of thioether (sulfide) groups is 1. The minimum absolute atomic E-state index is 0.148. The summed E-state index contributed by atoms with van der Waals surface area (Å²) in [4.78, 5) is 24.2. The van der Waals surface area contributed by atoms with Crippen LogP contribution in [0.3, 0.4) is 0 Å². The molecule has 0 aliphatic heterocycles. The van der Waals surface area contributed by atoms with E-state index in [1.165, 1.54) is 30.0 Å². The van der Waals surface area contributed by atoms with E-state index in [2.05, 4.69) is 20.8 Å². The molecule has 3 rings (SSSR count). The molecule has 0 fully saturated rings. The van der Waals surface area contributed by atoms with Crippen molar-refractivity contribution in [3.63, 3.8) is 0 Å². The molecule has 0 unspecified atom stereocenters. The molecule has 0 saturated carbocycles. The molecule has 0 spiro atoms. The molecule has 6 nitrogen and oxygen atoms in total. The van der Waals surface area contributed by atoms with Crippen LogP contribution < -0.4 is 10.6 Å². The summed E-state index contributed by atoms with van der Waals surface area (Å²) in [6, 6.07) is 14.5. The molecule has 0 atom stereocenters. The van der Waals surface area contributed by atoms with Crippen molar-refractivity contribution in [3.8, 4) is 0 Å². The number of amides is 2. The van der Waals surface area contributed by atoms with Crippen molar-refractivity contribution in [1.29, 1.82) is 0 Å². The summed E-state index contributed by atoms with van der Waals surface area (Å²) in [5, 5.41) is 13.9. The summed E-state index contributed by atoms with van der Waals surface area (Å²) in [5.41, 5.74) is 3.10. The van der Waals surface area contributed by atoms with Crippen LogP contribution in [0.4, 0.5) is 15.9 Å². The van der Waals surface area contributed by atoms with Gasteiger partial charge in [-0.2, -0.15) is 0 Å². The Kier molecular flexibility index (Phi) is 6.56. The molecule has 1 aromatic heterocycles. The molecule has 29 heavy (non-hydrogen) atoms. The molecule has 0 saturated heterocycles. The summed E-state index contributed by atoms with van der Waals surface area (Å²) in [6.45, 7) is 3.95. The highest BCUT2D eigenvalue weighted by molar-refractivity contribution is 7.99. The van der Waals surface area contributed by atoms with E-state index in [9.17, 15) is 14.0 Å². The van der Waals surface area contributed by atoms with Crippen molar-refractivity contribution < 1.29 is 14.0 Å². The number of nitrogens with zero attached hydrogens (tertiary/aromatic N) is 2. The highest BCUT2D eigenvalue weighted by atomic mass is 32.2. The quantitative estimate of drug-likeness (QED) is 0.595. The number of anilines is 2. The van der Waals surface area contributed by atoms with Gasteiger partial charge in [-0.25, -0.2) is 4.39 Å². The van der Waals surface area contributed by atoms with Crippen molar-refractivity contribution in [3.05, 3.63) is 77.1 Å². The van der Waals surface area contributed by atoms with E-state index in [0.717, 1.165) is 22.9 Å². The Bertz CT molecular complexity index is 1020. The van der Waals surface area contributed by atoms with Crippen molar-refractivity contribution in [2.24, 2.45) is 0 Å². The maximum atomic E-state index is 13.2. The first kappa shape index (κ1) is 20.5. The van der Waals surface area contributed by atoms with E-state index in [1.807, 2.05) is 32.0 Å². The zero-order valence-corrected chi connectivity index (χ0v) is 16.7. The lowest BCUT2D eigenvalue weighted by molar-refractivity contribution is -0.113. The number of aryl methyl sites for hydroxylation is 2. The second kappa shape index (κ2) is 9.29. The summed E-state index contributed by atoms with van der Waals surface area (Å²) in [6.07, 6.45) is 0. The topological polar surface area (TPSA) is 84.0 Å². The van der Waals surface area contributed by atoms with E-state index in [0.29, 0.717) is 5.03 Å². The average Bonchev–Trinajstić information content (AvgIpc) is 2.66. The largest absolute Gasteiger partial charge is 0.325 e. The minimum Gasteiger partial charge on any atom is -0.325 e. The van der Waals surface area contributed by atoms with Gasteiger partial charge < -0.3 is 10.6 Å². The van der Waals surface area contributed by atoms with E-state index in [1.54, 1.807) is 12.1 Å². The number of rotatable bonds is 6. The van der Waals surface area contributed by atoms with Crippen LogP contribution in [-0.2, 0) is 4.79 Å². The van der Waals surface area contributed by atoms with Crippen molar-refractivity contribution in [2.75, 3.05) is 16.4 Å². The average molecular weight is 410 g/mol. The second-order valence-corrected chi connectivity index (χ2v) is 7.43. The Labute approximate surface area is 171 Å². The molecular formula is C21H19FN4O2S. The molecule has 0 radical (unpaired) electrons. The Morgan fingerprint density at radius 3 is 2.38 bits per heavy atom. The van der Waals surface area contributed by atoms with Crippen LogP contribution >= 0.6 is 11.8 Å². The van der Waals surface area contributed by atoms with Crippen LogP contribution in [0.25, 0.3) is 0 Å². The zero-order valence-electron chi connectivity index (χ0n) is 15.9. The Morgan fingerprint density at radius 1 is 0.966 bits per heavy atom. The number of hydrogen-bond donors (Lipinski definition) is 2. The van der Waals surface area contributed by atoms with Gasteiger partial charge in [0.2, 0.25) is 5.91 Å². The molecule has 0 bridgehead atoms. The minimum atomic E-state index is -0.491. The van der Waals surface area contributed by atoms with Gasteiger partial charge in [-0.3, -0.25) is 9.59 Å². The number of benzene rings is 2. The van der Waals surface area contributed by atoms with Crippen molar-refractivity contribution in [1.82, 2.24) is 10.2 Å². The van der Waals surface area contributed by atoms with Gasteiger partial charge in [0, 0.05) is 11.3 Å². The monoisotopic (exact) mass is 410 g/mol. The van der Waals surface area contributed by atoms with Crippen LogP contribution in [0.15, 0.2) is 59.6 Å². The van der Waals surface area contributed by atoms with Crippen molar-refractivity contribution in [2.45, 2.75) is 18.9 Å². The van der Waals surface area contributed by atoms with Gasteiger partial charge in [0.05, 0.1) is 5.75 Å². The molecule has 0 aliphatic rings. The number of carbonyl (C=O) groups is 2. The lowest BCUT2D eigenvalue weighted by atomic mass is 10.1. The Hall–Kier alpha value is -3.26. The molecule has 0 aliphatic carbocycles. The molecule has 8 heteroatoms. The lowest BCUT2D eigenvalue weighted by Gasteiger charge is -2.07. The highest BCUT2D eigenvalue weighted by Gasteiger charge is 2.09. The first-order chi connectivity index (χ1) is 13.9. The van der Waals surface area contributed by atoms with Crippen molar-refractivity contribution >= 4 is 35.1 Å². The van der Waals surface area contributed by atoms with Gasteiger partial charge in [-0.15, -0.1) is 10.2 Å². The second-order valence-electron chi connectivity index (χ2n) is 6.43. The van der Waals surface area contributed by atoms with E-state index >= 15 is 0 Å². The summed E-state index contributed by atoms with van der Waals surface area (Å²) < 4.78 is 13.2. The lowest BCUT2D eigenvalue weighted by Crippen LogP contribution is -2.15. The van der Waals surface area contributed by atoms with Gasteiger partial charge >= 0.3 is 0 Å². The Balaban J connectivity index is 1.52. The van der Waals surface area contributed by atoms with Gasteiger partial charge in [0.1, 0.15) is 10.8 Å². The predicted octanol–water partition coefficient (Wildman–Crippen LogP) is 4.22. The van der Waals surface area contributed by atoms with Gasteiger partial charge in [-0.05, 0) is 67.4 Å². The number of hydrogen-bond acceptors (Lipinski definition) is 5. The third kappa shape index (κ3) is 6.11. The summed E-state index contributed by atoms with van der Waals surface area (Å²) in [7, 11) is 0. The van der Waals surface area contributed by atoms with Gasteiger partial charge in [-0.1, -0.05) is 23.9 Å². The predicted molar refractivity (Wildman–Crippen MR) is 112 cm³/mol. The normalized spacial score (nSPS) is 10.4. The molecule has 2 aromatic carbocycles. The van der Waals surface area contributed by atoms with Crippen LogP contribution in [0.5, 0.6) is 0 Å². The smallest absolute Gasteiger partial charge is 0.256 e. The molecular weight excluding hydrogens is 391 g/mol. The van der Waals surface area contributed by atoms with Crippen LogP contribution in [0.2, 0.25) is 0 Å². The molecule has 148 valence electrons.